The lowest BCUT2D eigenvalue weighted by Crippen LogP contribution is -2.35. The quantitative estimate of drug-likeness (QED) is 0.569. The summed E-state index contributed by atoms with van der Waals surface area (Å²) in [5, 5.41) is 8.92. The van der Waals surface area contributed by atoms with Crippen LogP contribution in [0.25, 0.3) is 0 Å². The molecule has 0 fully saturated rings. The Morgan fingerprint density at radius 1 is 1.00 bits per heavy atom. The average Bonchev–Trinajstić information content (AvgIpc) is 2.69. The standard InChI is InChI=1S/C19H26N4O3/c1-25-16-9-8-15(13-17(16)26-2)14-23-19(24)22-12-6-5-11-21-18-7-3-4-10-20-18/h3-4,7-10,13H,5-6,11-12,14H2,1-2H3,(H,20,21)(H2,22,23,24). The van der Waals surface area contributed by atoms with Gasteiger partial charge in [-0.3, -0.25) is 0 Å². The number of methoxy groups -OCH3 is 2. The number of carbonyl (C=O) groups is 1. The van der Waals surface area contributed by atoms with Crippen LogP contribution in [0.3, 0.4) is 0 Å². The first kappa shape index (κ1) is 19.4. The Morgan fingerprint density at radius 3 is 2.54 bits per heavy atom. The zero-order valence-electron chi connectivity index (χ0n) is 15.2. The molecule has 2 rings (SSSR count). The predicted molar refractivity (Wildman–Crippen MR) is 102 cm³/mol. The maximum absolute atomic E-state index is 11.8. The Kier molecular flexibility index (Phi) is 8.05. The fourth-order valence-corrected chi connectivity index (χ4v) is 2.37. The molecule has 0 saturated carbocycles. The molecule has 1 aromatic carbocycles. The molecule has 0 saturated heterocycles. The van der Waals surface area contributed by atoms with Crippen molar-refractivity contribution in [3.63, 3.8) is 0 Å². The zero-order chi connectivity index (χ0) is 18.6. The minimum absolute atomic E-state index is 0.183. The summed E-state index contributed by atoms with van der Waals surface area (Å²) in [6.07, 6.45) is 3.60. The van der Waals surface area contributed by atoms with E-state index in [1.165, 1.54) is 0 Å². The molecule has 3 N–H and O–H groups in total. The first-order valence-electron chi connectivity index (χ1n) is 8.60. The first-order valence-corrected chi connectivity index (χ1v) is 8.60. The number of urea groups is 1. The molecule has 0 unspecified atom stereocenters. The van der Waals surface area contributed by atoms with Gasteiger partial charge in [-0.1, -0.05) is 12.1 Å². The van der Waals surface area contributed by atoms with Gasteiger partial charge in [0.2, 0.25) is 0 Å². The second-order valence-corrected chi connectivity index (χ2v) is 5.65. The molecule has 0 aliphatic heterocycles. The number of ether oxygens (including phenoxy) is 2. The molecule has 0 atom stereocenters. The number of unbranched alkanes of at least 4 members (excludes halogenated alkanes) is 1. The van der Waals surface area contributed by atoms with Crippen molar-refractivity contribution in [2.24, 2.45) is 0 Å². The summed E-state index contributed by atoms with van der Waals surface area (Å²) in [5.74, 6) is 2.18. The van der Waals surface area contributed by atoms with E-state index < -0.39 is 0 Å². The zero-order valence-corrected chi connectivity index (χ0v) is 15.2. The average molecular weight is 358 g/mol. The summed E-state index contributed by atoms with van der Waals surface area (Å²) in [5.41, 5.74) is 0.942. The van der Waals surface area contributed by atoms with Crippen LogP contribution in [-0.4, -0.2) is 38.3 Å². The van der Waals surface area contributed by atoms with E-state index in [0.29, 0.717) is 24.6 Å². The van der Waals surface area contributed by atoms with Crippen LogP contribution in [0.1, 0.15) is 18.4 Å². The van der Waals surface area contributed by atoms with Gasteiger partial charge in [-0.25, -0.2) is 9.78 Å². The highest BCUT2D eigenvalue weighted by molar-refractivity contribution is 5.73. The highest BCUT2D eigenvalue weighted by atomic mass is 16.5. The maximum atomic E-state index is 11.8. The number of amides is 2. The predicted octanol–water partition coefficient (Wildman–Crippen LogP) is 2.79. The van der Waals surface area contributed by atoms with Gasteiger partial charge in [0.05, 0.1) is 14.2 Å². The minimum atomic E-state index is -0.183. The van der Waals surface area contributed by atoms with Gasteiger partial charge in [-0.15, -0.1) is 0 Å². The van der Waals surface area contributed by atoms with Crippen LogP contribution in [0.4, 0.5) is 10.6 Å². The smallest absolute Gasteiger partial charge is 0.315 e. The molecule has 140 valence electrons. The Balaban J connectivity index is 1.59. The molecule has 7 nitrogen and oxygen atoms in total. The Labute approximate surface area is 154 Å². The number of carbonyl (C=O) groups excluding carboxylic acids is 1. The number of benzene rings is 1. The summed E-state index contributed by atoms with van der Waals surface area (Å²) >= 11 is 0. The molecule has 26 heavy (non-hydrogen) atoms. The SMILES string of the molecule is COc1ccc(CNC(=O)NCCCCNc2ccccn2)cc1OC. The molecular weight excluding hydrogens is 332 g/mol. The van der Waals surface area contributed by atoms with Crippen molar-refractivity contribution in [3.05, 3.63) is 48.2 Å². The molecule has 0 radical (unpaired) electrons. The highest BCUT2D eigenvalue weighted by Gasteiger charge is 2.05. The topological polar surface area (TPSA) is 84.5 Å². The molecule has 2 amide bonds. The van der Waals surface area contributed by atoms with Crippen molar-refractivity contribution < 1.29 is 14.3 Å². The van der Waals surface area contributed by atoms with E-state index in [9.17, 15) is 4.79 Å². The van der Waals surface area contributed by atoms with Crippen LogP contribution in [0.15, 0.2) is 42.6 Å². The monoisotopic (exact) mass is 358 g/mol. The number of anilines is 1. The summed E-state index contributed by atoms with van der Waals surface area (Å²) < 4.78 is 10.5. The van der Waals surface area contributed by atoms with Gasteiger partial charge >= 0.3 is 6.03 Å². The van der Waals surface area contributed by atoms with Crippen LogP contribution in [0, 0.1) is 0 Å². The number of pyridine rings is 1. The second kappa shape index (κ2) is 10.8. The third kappa shape index (κ3) is 6.51. The highest BCUT2D eigenvalue weighted by Crippen LogP contribution is 2.27. The molecule has 1 heterocycles. The van der Waals surface area contributed by atoms with Crippen molar-refractivity contribution in [2.75, 3.05) is 32.6 Å². The van der Waals surface area contributed by atoms with E-state index in [4.69, 9.17) is 9.47 Å². The lowest BCUT2D eigenvalue weighted by Gasteiger charge is -2.11. The van der Waals surface area contributed by atoms with E-state index in [-0.39, 0.29) is 6.03 Å². The fraction of sp³-hybridized carbons (Fsp3) is 0.368. The minimum Gasteiger partial charge on any atom is -0.493 e. The molecule has 7 heteroatoms. The van der Waals surface area contributed by atoms with Crippen molar-refractivity contribution in [1.29, 1.82) is 0 Å². The number of nitrogens with zero attached hydrogens (tertiary/aromatic N) is 1. The van der Waals surface area contributed by atoms with Gasteiger partial charge < -0.3 is 25.4 Å². The molecule has 0 aliphatic carbocycles. The van der Waals surface area contributed by atoms with E-state index in [0.717, 1.165) is 30.8 Å². The molecule has 1 aromatic heterocycles. The summed E-state index contributed by atoms with van der Waals surface area (Å²) in [6.45, 7) is 1.88. The van der Waals surface area contributed by atoms with Gasteiger partial charge in [-0.2, -0.15) is 0 Å². The third-order valence-corrected chi connectivity index (χ3v) is 3.76. The van der Waals surface area contributed by atoms with E-state index in [1.54, 1.807) is 20.4 Å². The Morgan fingerprint density at radius 2 is 1.81 bits per heavy atom. The number of nitrogens with one attached hydrogen (secondary N) is 3. The molecule has 0 aliphatic rings. The summed E-state index contributed by atoms with van der Waals surface area (Å²) in [4.78, 5) is 16.0. The van der Waals surface area contributed by atoms with E-state index in [1.807, 2.05) is 36.4 Å². The maximum Gasteiger partial charge on any atom is 0.315 e. The van der Waals surface area contributed by atoms with Crippen LogP contribution in [-0.2, 0) is 6.54 Å². The molecule has 0 spiro atoms. The van der Waals surface area contributed by atoms with Crippen LogP contribution in [0.5, 0.6) is 11.5 Å². The van der Waals surface area contributed by atoms with Gasteiger partial charge in [0, 0.05) is 25.8 Å². The summed E-state index contributed by atoms with van der Waals surface area (Å²) in [6, 6.07) is 11.1. The normalized spacial score (nSPS) is 10.1. The molecular formula is C19H26N4O3. The van der Waals surface area contributed by atoms with Gasteiger partial charge in [-0.05, 0) is 42.7 Å². The van der Waals surface area contributed by atoms with Crippen molar-refractivity contribution in [1.82, 2.24) is 15.6 Å². The number of hydrogen-bond acceptors (Lipinski definition) is 5. The van der Waals surface area contributed by atoms with E-state index >= 15 is 0 Å². The number of aromatic nitrogens is 1. The van der Waals surface area contributed by atoms with Crippen molar-refractivity contribution in [2.45, 2.75) is 19.4 Å². The van der Waals surface area contributed by atoms with Crippen molar-refractivity contribution >= 4 is 11.8 Å². The summed E-state index contributed by atoms with van der Waals surface area (Å²) in [7, 11) is 3.18. The molecule has 0 bridgehead atoms. The van der Waals surface area contributed by atoms with Crippen LogP contribution < -0.4 is 25.4 Å². The van der Waals surface area contributed by atoms with Gasteiger partial charge in [0.25, 0.3) is 0 Å². The first-order chi connectivity index (χ1) is 12.7. The van der Waals surface area contributed by atoms with Crippen LogP contribution in [0.2, 0.25) is 0 Å². The van der Waals surface area contributed by atoms with E-state index in [2.05, 4.69) is 20.9 Å². The fourth-order valence-electron chi connectivity index (χ4n) is 2.37. The largest absolute Gasteiger partial charge is 0.493 e. The van der Waals surface area contributed by atoms with Gasteiger partial charge in [0.15, 0.2) is 11.5 Å². The lowest BCUT2D eigenvalue weighted by molar-refractivity contribution is 0.240. The lowest BCUT2D eigenvalue weighted by atomic mass is 10.2. The third-order valence-electron chi connectivity index (χ3n) is 3.76. The van der Waals surface area contributed by atoms with Gasteiger partial charge in [0.1, 0.15) is 5.82 Å². The van der Waals surface area contributed by atoms with Crippen molar-refractivity contribution in [3.8, 4) is 11.5 Å². The Hall–Kier alpha value is -2.96. The Bertz CT molecular complexity index is 680. The van der Waals surface area contributed by atoms with Crippen LogP contribution >= 0.6 is 0 Å². The number of hydrogen-bond donors (Lipinski definition) is 3. The molecule has 2 aromatic rings. The second-order valence-electron chi connectivity index (χ2n) is 5.65. The number of rotatable bonds is 10.